The van der Waals surface area contributed by atoms with Crippen molar-refractivity contribution in [2.45, 2.75) is 36.4 Å². The second kappa shape index (κ2) is 5.52. The summed E-state index contributed by atoms with van der Waals surface area (Å²) in [4.78, 5) is 4.07. The molecule has 1 aliphatic rings. The minimum Gasteiger partial charge on any atom is -0.302 e. The third kappa shape index (κ3) is 2.61. The van der Waals surface area contributed by atoms with Gasteiger partial charge in [-0.2, -0.15) is 10.4 Å². The maximum atomic E-state index is 9.32. The molecule has 1 aromatic heterocycles. The normalized spacial score (nSPS) is 28.1. The molecule has 0 spiro atoms. The maximum Gasteiger partial charge on any atom is 0.183 e. The Kier molecular flexibility index (Phi) is 4.02. The summed E-state index contributed by atoms with van der Waals surface area (Å²) < 4.78 is 0. The molecular weight excluding hydrogens is 234 g/mol. The van der Waals surface area contributed by atoms with Crippen LogP contribution in [0.1, 0.15) is 25.7 Å². The average Bonchev–Trinajstić information content (AvgIpc) is 2.99. The van der Waals surface area contributed by atoms with Crippen molar-refractivity contribution in [3.05, 3.63) is 6.33 Å². The van der Waals surface area contributed by atoms with Gasteiger partial charge in [0, 0.05) is 5.75 Å². The van der Waals surface area contributed by atoms with Crippen LogP contribution in [0.2, 0.25) is 0 Å². The van der Waals surface area contributed by atoms with E-state index in [9.17, 15) is 5.26 Å². The second-order valence-corrected chi connectivity index (χ2v) is 5.43. The zero-order chi connectivity index (χ0) is 12.1. The number of nitrogens with one attached hydrogen (secondary N) is 2. The minimum atomic E-state index is -0.304. The zero-order valence-corrected chi connectivity index (χ0v) is 10.8. The molecule has 0 amide bonds. The summed E-state index contributed by atoms with van der Waals surface area (Å²) in [5.41, 5.74) is -0.304. The number of H-pyrrole nitrogens is 1. The number of thioether (sulfide) groups is 1. The summed E-state index contributed by atoms with van der Waals surface area (Å²) in [6, 6.07) is 2.46. The number of aromatic nitrogens is 3. The van der Waals surface area contributed by atoms with Crippen molar-refractivity contribution >= 4 is 11.8 Å². The lowest BCUT2D eigenvalue weighted by Gasteiger charge is -2.27. The van der Waals surface area contributed by atoms with E-state index in [1.54, 1.807) is 11.8 Å². The van der Waals surface area contributed by atoms with Gasteiger partial charge in [-0.15, -0.1) is 0 Å². The maximum absolute atomic E-state index is 9.32. The fraction of sp³-hybridized carbons (Fsp3) is 0.727. The van der Waals surface area contributed by atoms with Gasteiger partial charge in [0.15, 0.2) is 5.16 Å². The van der Waals surface area contributed by atoms with Gasteiger partial charge in [0.05, 0.1) is 6.07 Å². The van der Waals surface area contributed by atoms with Crippen LogP contribution in [0.5, 0.6) is 0 Å². The van der Waals surface area contributed by atoms with Crippen LogP contribution in [-0.2, 0) is 0 Å². The Balaban J connectivity index is 1.84. The van der Waals surface area contributed by atoms with Gasteiger partial charge in [-0.1, -0.05) is 18.2 Å². The third-order valence-corrected chi connectivity index (χ3v) is 4.47. The largest absolute Gasteiger partial charge is 0.302 e. The third-order valence-electron chi connectivity index (χ3n) is 3.56. The molecule has 0 bridgehead atoms. The molecule has 1 fully saturated rings. The highest BCUT2D eigenvalue weighted by Crippen LogP contribution is 2.38. The number of nitriles is 1. The van der Waals surface area contributed by atoms with Gasteiger partial charge in [-0.25, -0.2) is 4.98 Å². The van der Waals surface area contributed by atoms with E-state index in [-0.39, 0.29) is 5.54 Å². The predicted octanol–water partition coefficient (Wildman–Crippen LogP) is 1.57. The predicted molar refractivity (Wildman–Crippen MR) is 66.5 cm³/mol. The lowest BCUT2D eigenvalue weighted by Crippen LogP contribution is -2.44. The summed E-state index contributed by atoms with van der Waals surface area (Å²) in [7, 11) is 1.89. The average molecular weight is 251 g/mol. The van der Waals surface area contributed by atoms with Crippen LogP contribution in [0.25, 0.3) is 0 Å². The lowest BCUT2D eigenvalue weighted by atomic mass is 9.87. The Morgan fingerprint density at radius 1 is 1.76 bits per heavy atom. The molecule has 0 radical (unpaired) electrons. The highest BCUT2D eigenvalue weighted by molar-refractivity contribution is 7.99. The Hall–Kier alpha value is -1.06. The quantitative estimate of drug-likeness (QED) is 0.777. The smallest absolute Gasteiger partial charge is 0.183 e. The van der Waals surface area contributed by atoms with Crippen molar-refractivity contribution in [1.29, 1.82) is 5.26 Å². The number of hydrogen-bond acceptors (Lipinski definition) is 5. The van der Waals surface area contributed by atoms with Crippen molar-refractivity contribution < 1.29 is 0 Å². The summed E-state index contributed by atoms with van der Waals surface area (Å²) in [6.45, 7) is 0. The van der Waals surface area contributed by atoms with Crippen molar-refractivity contribution in [1.82, 2.24) is 20.5 Å². The molecule has 5 nitrogen and oxygen atoms in total. The fourth-order valence-electron chi connectivity index (χ4n) is 2.56. The molecule has 2 unspecified atom stereocenters. The van der Waals surface area contributed by atoms with E-state index in [1.807, 2.05) is 7.05 Å². The van der Waals surface area contributed by atoms with Gasteiger partial charge in [-0.05, 0) is 32.2 Å². The van der Waals surface area contributed by atoms with Crippen LogP contribution in [0, 0.1) is 17.2 Å². The Labute approximate surface area is 105 Å². The molecule has 1 aliphatic carbocycles. The van der Waals surface area contributed by atoms with Crippen LogP contribution in [-0.4, -0.2) is 33.5 Å². The van der Waals surface area contributed by atoms with E-state index >= 15 is 0 Å². The molecule has 1 saturated carbocycles. The van der Waals surface area contributed by atoms with Gasteiger partial charge >= 0.3 is 0 Å². The first kappa shape index (κ1) is 12.4. The number of hydrogen-bond donors (Lipinski definition) is 2. The van der Waals surface area contributed by atoms with Crippen molar-refractivity contribution in [3.8, 4) is 6.07 Å². The molecule has 2 N–H and O–H groups in total. The summed E-state index contributed by atoms with van der Waals surface area (Å²) in [5, 5.41) is 20.0. The van der Waals surface area contributed by atoms with Crippen LogP contribution in [0.4, 0.5) is 0 Å². The molecule has 0 saturated heterocycles. The SMILES string of the molecule is CNC1(C#N)CCCC1CCSc1ncn[nH]1. The van der Waals surface area contributed by atoms with Gasteiger partial charge in [-0.3, -0.25) is 5.10 Å². The molecule has 6 heteroatoms. The van der Waals surface area contributed by atoms with Crippen molar-refractivity contribution in [3.63, 3.8) is 0 Å². The van der Waals surface area contributed by atoms with Crippen molar-refractivity contribution in [2.75, 3.05) is 12.8 Å². The van der Waals surface area contributed by atoms with E-state index in [0.717, 1.165) is 36.6 Å². The van der Waals surface area contributed by atoms with E-state index < -0.39 is 0 Å². The number of aromatic amines is 1. The van der Waals surface area contributed by atoms with E-state index in [1.165, 1.54) is 6.33 Å². The summed E-state index contributed by atoms with van der Waals surface area (Å²) >= 11 is 1.67. The Bertz CT molecular complexity index is 385. The minimum absolute atomic E-state index is 0.304. The topological polar surface area (TPSA) is 77.4 Å². The first-order chi connectivity index (χ1) is 8.30. The zero-order valence-electron chi connectivity index (χ0n) is 9.94. The fourth-order valence-corrected chi connectivity index (χ4v) is 3.40. The van der Waals surface area contributed by atoms with Gasteiger partial charge < -0.3 is 5.32 Å². The number of rotatable bonds is 5. The van der Waals surface area contributed by atoms with Gasteiger partial charge in [0.25, 0.3) is 0 Å². The molecule has 1 aromatic rings. The van der Waals surface area contributed by atoms with E-state index in [4.69, 9.17) is 0 Å². The molecule has 92 valence electrons. The number of nitrogens with zero attached hydrogens (tertiary/aromatic N) is 3. The molecule has 2 rings (SSSR count). The van der Waals surface area contributed by atoms with Gasteiger partial charge in [0.1, 0.15) is 11.9 Å². The monoisotopic (exact) mass is 251 g/mol. The molecular formula is C11H17N5S. The van der Waals surface area contributed by atoms with E-state index in [2.05, 4.69) is 26.6 Å². The van der Waals surface area contributed by atoms with Gasteiger partial charge in [0.2, 0.25) is 0 Å². The molecule has 0 aromatic carbocycles. The standard InChI is InChI=1S/C11H17N5S/c1-13-11(7-12)5-2-3-9(11)4-6-17-10-14-8-15-16-10/h8-9,13H,2-6H2,1H3,(H,14,15,16). The first-order valence-corrected chi connectivity index (χ1v) is 6.87. The van der Waals surface area contributed by atoms with Crippen LogP contribution < -0.4 is 5.32 Å². The lowest BCUT2D eigenvalue weighted by molar-refractivity contribution is 0.332. The summed E-state index contributed by atoms with van der Waals surface area (Å²) in [5.74, 6) is 1.43. The highest BCUT2D eigenvalue weighted by atomic mass is 32.2. The van der Waals surface area contributed by atoms with Crippen molar-refractivity contribution in [2.24, 2.45) is 5.92 Å². The molecule has 2 atom stereocenters. The van der Waals surface area contributed by atoms with Crippen LogP contribution in [0.15, 0.2) is 11.5 Å². The molecule has 0 aliphatic heterocycles. The highest BCUT2D eigenvalue weighted by Gasteiger charge is 2.41. The van der Waals surface area contributed by atoms with Crippen LogP contribution >= 0.6 is 11.8 Å². The Morgan fingerprint density at radius 2 is 2.65 bits per heavy atom. The Morgan fingerprint density at radius 3 is 3.29 bits per heavy atom. The van der Waals surface area contributed by atoms with E-state index in [0.29, 0.717) is 5.92 Å². The van der Waals surface area contributed by atoms with Crippen LogP contribution in [0.3, 0.4) is 0 Å². The second-order valence-electron chi connectivity index (χ2n) is 4.35. The summed E-state index contributed by atoms with van der Waals surface area (Å²) in [6.07, 6.45) is 5.82. The first-order valence-electron chi connectivity index (χ1n) is 5.89. The molecule has 1 heterocycles. The molecule has 17 heavy (non-hydrogen) atoms.